The summed E-state index contributed by atoms with van der Waals surface area (Å²) in [6.45, 7) is 11.7. The maximum absolute atomic E-state index is 14.8. The van der Waals surface area contributed by atoms with Gasteiger partial charge in [-0.25, -0.2) is 9.36 Å². The topological polar surface area (TPSA) is 82.7 Å². The van der Waals surface area contributed by atoms with E-state index in [0.29, 0.717) is 29.0 Å². The summed E-state index contributed by atoms with van der Waals surface area (Å²) >= 11 is 0. The van der Waals surface area contributed by atoms with Gasteiger partial charge >= 0.3 is 0 Å². The number of aliphatic hydroxyl groups excluding tert-OH is 1. The predicted octanol–water partition coefficient (Wildman–Crippen LogP) is 6.19. The molecule has 2 bridgehead atoms. The number of ether oxygens (including phenoxy) is 2. The zero-order valence-corrected chi connectivity index (χ0v) is 27.6. The Hall–Kier alpha value is -2.22. The monoisotopic (exact) mass is 604 g/mol. The van der Waals surface area contributed by atoms with Crippen LogP contribution in [0.25, 0.3) is 10.8 Å². The summed E-state index contributed by atoms with van der Waals surface area (Å²) in [5.74, 6) is 1.80. The van der Waals surface area contributed by atoms with Crippen LogP contribution in [-0.2, 0) is 20.6 Å². The van der Waals surface area contributed by atoms with Crippen LogP contribution in [0.3, 0.4) is 0 Å². The third-order valence-electron chi connectivity index (χ3n) is 13.9. The molecule has 4 aliphatic carbocycles. The average molecular weight is 605 g/mol. The molecule has 3 unspecified atom stereocenters. The quantitative estimate of drug-likeness (QED) is 0.287. The van der Waals surface area contributed by atoms with Gasteiger partial charge in [-0.3, -0.25) is 9.59 Å². The molecule has 1 aromatic heterocycles. The van der Waals surface area contributed by atoms with Crippen LogP contribution in [0, 0.1) is 40.4 Å². The summed E-state index contributed by atoms with van der Waals surface area (Å²) in [5.41, 5.74) is -1.41. The Bertz CT molecular complexity index is 1590. The first-order valence-electron chi connectivity index (χ1n) is 17.2. The highest BCUT2D eigenvalue weighted by molar-refractivity contribution is 5.80. The number of benzene rings is 1. The average Bonchev–Trinajstić information content (AvgIpc) is 3.38. The number of hydrogen-bond donors (Lipinski definition) is 1. The summed E-state index contributed by atoms with van der Waals surface area (Å²) in [4.78, 5) is 29.6. The first-order valence-corrected chi connectivity index (χ1v) is 17.2. The van der Waals surface area contributed by atoms with Crippen LogP contribution in [0.1, 0.15) is 92.4 Å². The molecule has 3 saturated carbocycles. The Morgan fingerprint density at radius 2 is 1.61 bits per heavy atom. The van der Waals surface area contributed by atoms with Crippen LogP contribution >= 0.6 is 0 Å². The smallest absolute Gasteiger partial charge is 0.274 e. The van der Waals surface area contributed by atoms with Crippen LogP contribution in [-0.4, -0.2) is 40.6 Å². The van der Waals surface area contributed by atoms with E-state index in [-0.39, 0.29) is 58.7 Å². The van der Waals surface area contributed by atoms with E-state index < -0.39 is 11.1 Å². The minimum Gasteiger partial charge on any atom is -0.393 e. The Morgan fingerprint density at radius 1 is 0.909 bits per heavy atom. The molecule has 240 valence electrons. The fourth-order valence-electron chi connectivity index (χ4n) is 11.7. The number of rotatable bonds is 8. The molecule has 10 atom stereocenters. The van der Waals surface area contributed by atoms with Gasteiger partial charge < -0.3 is 14.6 Å². The van der Waals surface area contributed by atoms with Gasteiger partial charge in [0.2, 0.25) is 0 Å². The second kappa shape index (κ2) is 10.4. The van der Waals surface area contributed by atoms with Crippen molar-refractivity contribution in [3.8, 4) is 0 Å². The fraction of sp³-hybridized carbons (Fsp3) is 0.730. The summed E-state index contributed by atoms with van der Waals surface area (Å²) in [5, 5.41) is 11.7. The number of allylic oxidation sites excluding steroid dienone is 2. The maximum Gasteiger partial charge on any atom is 0.274 e. The molecule has 6 aliphatic rings. The number of methoxy groups -OCH3 is 1. The van der Waals surface area contributed by atoms with Crippen molar-refractivity contribution in [3.05, 3.63) is 57.1 Å². The molecule has 2 spiro atoms. The van der Waals surface area contributed by atoms with Crippen molar-refractivity contribution in [2.75, 3.05) is 13.9 Å². The first-order chi connectivity index (χ1) is 21.0. The largest absolute Gasteiger partial charge is 0.393 e. The normalized spacial score (nSPS) is 40.0. The van der Waals surface area contributed by atoms with E-state index in [9.17, 15) is 14.7 Å². The zero-order chi connectivity index (χ0) is 31.2. The van der Waals surface area contributed by atoms with Crippen molar-refractivity contribution in [3.63, 3.8) is 0 Å². The van der Waals surface area contributed by atoms with Crippen LogP contribution in [0.5, 0.6) is 0 Å². The van der Waals surface area contributed by atoms with Gasteiger partial charge in [0.15, 0.2) is 0 Å². The highest BCUT2D eigenvalue weighted by Crippen LogP contribution is 2.74. The van der Waals surface area contributed by atoms with Crippen molar-refractivity contribution < 1.29 is 14.6 Å². The lowest BCUT2D eigenvalue weighted by molar-refractivity contribution is -0.212. The standard InChI is InChI=1S/C37H52N2O5/c1-23(2)29(40)13-11-24(3)28-12-14-30-34(28,4)17-16-31-35(5)18-15-25(44-22-43-6)21-36(35)19-20-37(30,31)39-33(42)27-10-8-7-9-26(27)32(41)38(36)39/h7-10,19-20,23-25,28-31,40H,11-18,21-22H2,1-6H3/t24-,25?,28-,29?,30-,31-,34-,35-,36?,37-/m1/s1. The molecule has 1 aromatic carbocycles. The number of aromatic nitrogens is 2. The van der Waals surface area contributed by atoms with Crippen LogP contribution in [0.15, 0.2) is 46.0 Å². The summed E-state index contributed by atoms with van der Waals surface area (Å²) < 4.78 is 15.4. The molecule has 1 N–H and O–H groups in total. The second-order valence-electron chi connectivity index (χ2n) is 16.0. The fourth-order valence-corrected chi connectivity index (χ4v) is 11.7. The molecule has 2 aliphatic heterocycles. The molecule has 3 heterocycles. The Morgan fingerprint density at radius 3 is 2.30 bits per heavy atom. The van der Waals surface area contributed by atoms with Crippen molar-refractivity contribution in [2.24, 2.45) is 40.4 Å². The third kappa shape index (κ3) is 3.78. The number of nitrogens with zero attached hydrogens (tertiary/aromatic N) is 2. The molecule has 0 amide bonds. The van der Waals surface area contributed by atoms with E-state index >= 15 is 0 Å². The maximum atomic E-state index is 14.8. The molecule has 3 fully saturated rings. The van der Waals surface area contributed by atoms with Crippen LogP contribution in [0.2, 0.25) is 0 Å². The summed E-state index contributed by atoms with van der Waals surface area (Å²) in [6.07, 6.45) is 13.2. The van der Waals surface area contributed by atoms with E-state index in [1.165, 1.54) is 0 Å². The van der Waals surface area contributed by atoms with Crippen molar-refractivity contribution in [1.82, 2.24) is 9.36 Å². The molecule has 0 radical (unpaired) electrons. The van der Waals surface area contributed by atoms with Gasteiger partial charge in [-0.05, 0) is 98.5 Å². The molecule has 7 heteroatoms. The van der Waals surface area contributed by atoms with Gasteiger partial charge in [-0.2, -0.15) is 0 Å². The lowest BCUT2D eigenvalue weighted by Crippen LogP contribution is -2.78. The highest BCUT2D eigenvalue weighted by Gasteiger charge is 2.74. The van der Waals surface area contributed by atoms with Crippen LogP contribution in [0.4, 0.5) is 0 Å². The van der Waals surface area contributed by atoms with Crippen LogP contribution < -0.4 is 11.1 Å². The summed E-state index contributed by atoms with van der Waals surface area (Å²) in [7, 11) is 1.65. The molecular weight excluding hydrogens is 552 g/mol. The molecule has 0 saturated heterocycles. The predicted molar refractivity (Wildman–Crippen MR) is 173 cm³/mol. The highest BCUT2D eigenvalue weighted by atomic mass is 16.7. The van der Waals surface area contributed by atoms with Gasteiger partial charge in [0.05, 0.1) is 34.1 Å². The molecule has 44 heavy (non-hydrogen) atoms. The van der Waals surface area contributed by atoms with Gasteiger partial charge in [0.25, 0.3) is 11.1 Å². The molecular formula is C37H52N2O5. The van der Waals surface area contributed by atoms with Gasteiger partial charge in [-0.15, -0.1) is 0 Å². The van der Waals surface area contributed by atoms with Gasteiger partial charge in [0.1, 0.15) is 6.79 Å². The van der Waals surface area contributed by atoms with Gasteiger partial charge in [0, 0.05) is 18.9 Å². The Balaban J connectivity index is 1.41. The minimum atomic E-state index is -0.637. The lowest BCUT2D eigenvalue weighted by Gasteiger charge is -2.72. The third-order valence-corrected chi connectivity index (χ3v) is 13.9. The van der Waals surface area contributed by atoms with E-state index in [0.717, 1.165) is 51.4 Å². The number of hydrogen-bond acceptors (Lipinski definition) is 5. The van der Waals surface area contributed by atoms with E-state index in [1.54, 1.807) is 7.11 Å². The van der Waals surface area contributed by atoms with E-state index in [2.05, 4.69) is 46.8 Å². The molecule has 8 rings (SSSR count). The molecule has 2 aromatic rings. The van der Waals surface area contributed by atoms with E-state index in [1.807, 2.05) is 33.6 Å². The Labute approximate surface area is 261 Å². The zero-order valence-electron chi connectivity index (χ0n) is 27.6. The van der Waals surface area contributed by atoms with E-state index in [4.69, 9.17) is 9.47 Å². The number of fused-ring (bicyclic) bond motifs is 2. The first kappa shape index (κ1) is 30.4. The minimum absolute atomic E-state index is 0.0308. The molecule has 7 nitrogen and oxygen atoms in total. The lowest BCUT2D eigenvalue weighted by atomic mass is 9.40. The van der Waals surface area contributed by atoms with Crippen molar-refractivity contribution in [1.29, 1.82) is 0 Å². The SMILES string of the molecule is COCOC1CC[C@]2(C)[C@H]3CC[C@]4(C)[C@@H]([C@H](C)CCC(O)C(C)C)CC[C@H]4[C@]34C=CC2(C1)n1c(=O)c2ccccc2c(=O)n14. The van der Waals surface area contributed by atoms with Crippen molar-refractivity contribution >= 4 is 10.8 Å². The number of aliphatic hydroxyl groups is 1. The van der Waals surface area contributed by atoms with Crippen molar-refractivity contribution in [2.45, 2.75) is 116 Å². The summed E-state index contributed by atoms with van der Waals surface area (Å²) in [6, 6.07) is 7.42. The second-order valence-corrected chi connectivity index (χ2v) is 16.0. The Kier molecular flexibility index (Phi) is 7.19. The van der Waals surface area contributed by atoms with Gasteiger partial charge in [-0.1, -0.05) is 58.9 Å².